The number of hydrogen-bond donors (Lipinski definition) is 1. The number of benzene rings is 1. The highest BCUT2D eigenvalue weighted by Crippen LogP contribution is 2.18. The zero-order valence-corrected chi connectivity index (χ0v) is 13.1. The lowest BCUT2D eigenvalue weighted by Gasteiger charge is -2.09. The van der Waals surface area contributed by atoms with Crippen LogP contribution in [0.5, 0.6) is 5.88 Å². The number of aryl methyl sites for hydroxylation is 1. The lowest BCUT2D eigenvalue weighted by atomic mass is 10.1. The molecule has 0 bridgehead atoms. The number of aromatic nitrogens is 1. The van der Waals surface area contributed by atoms with E-state index in [-0.39, 0.29) is 0 Å². The van der Waals surface area contributed by atoms with Crippen LogP contribution in [-0.2, 0) is 13.0 Å². The normalized spacial score (nSPS) is 10.6. The fourth-order valence-electron chi connectivity index (χ4n) is 2.01. The molecule has 4 heteroatoms. The van der Waals surface area contributed by atoms with Crippen molar-refractivity contribution >= 4 is 11.6 Å². The van der Waals surface area contributed by atoms with E-state index in [0.29, 0.717) is 24.1 Å². The molecule has 2 aromatic rings. The number of halogens is 1. The van der Waals surface area contributed by atoms with Crippen LogP contribution >= 0.6 is 11.6 Å². The average molecular weight is 305 g/mol. The average Bonchev–Trinajstić information content (AvgIpc) is 2.52. The highest BCUT2D eigenvalue weighted by molar-refractivity contribution is 6.31. The zero-order chi connectivity index (χ0) is 14.9. The van der Waals surface area contributed by atoms with Gasteiger partial charge in [-0.25, -0.2) is 4.98 Å². The van der Waals surface area contributed by atoms with Crippen molar-refractivity contribution in [3.05, 3.63) is 58.7 Å². The highest BCUT2D eigenvalue weighted by Gasteiger charge is 2.04. The molecule has 1 N–H and O–H groups in total. The van der Waals surface area contributed by atoms with Gasteiger partial charge < -0.3 is 10.1 Å². The Morgan fingerprint density at radius 3 is 2.71 bits per heavy atom. The first-order valence-electron chi connectivity index (χ1n) is 7.32. The van der Waals surface area contributed by atoms with Gasteiger partial charge in [-0.2, -0.15) is 0 Å². The summed E-state index contributed by atoms with van der Waals surface area (Å²) in [4.78, 5) is 4.44. The van der Waals surface area contributed by atoms with E-state index < -0.39 is 0 Å². The molecule has 0 spiro atoms. The Balaban J connectivity index is 1.80. The number of pyridine rings is 1. The van der Waals surface area contributed by atoms with Gasteiger partial charge in [0, 0.05) is 12.6 Å². The second kappa shape index (κ2) is 8.65. The van der Waals surface area contributed by atoms with Gasteiger partial charge in [-0.15, -0.1) is 0 Å². The molecule has 0 saturated heterocycles. The molecule has 112 valence electrons. The zero-order valence-electron chi connectivity index (χ0n) is 12.3. The van der Waals surface area contributed by atoms with Gasteiger partial charge in [0.2, 0.25) is 5.88 Å². The monoisotopic (exact) mass is 304 g/mol. The fourth-order valence-corrected chi connectivity index (χ4v) is 2.18. The third-order valence-corrected chi connectivity index (χ3v) is 3.48. The van der Waals surface area contributed by atoms with Crippen molar-refractivity contribution in [2.75, 3.05) is 13.2 Å². The highest BCUT2D eigenvalue weighted by atomic mass is 35.5. The second-order valence-corrected chi connectivity index (χ2v) is 5.20. The maximum absolute atomic E-state index is 6.12. The van der Waals surface area contributed by atoms with Crippen LogP contribution in [0.15, 0.2) is 42.5 Å². The van der Waals surface area contributed by atoms with E-state index in [9.17, 15) is 0 Å². The van der Waals surface area contributed by atoms with Crippen molar-refractivity contribution < 1.29 is 4.74 Å². The third kappa shape index (κ3) is 5.37. The van der Waals surface area contributed by atoms with Gasteiger partial charge in [0.25, 0.3) is 0 Å². The summed E-state index contributed by atoms with van der Waals surface area (Å²) >= 11 is 6.12. The molecular weight excluding hydrogens is 284 g/mol. The molecule has 1 heterocycles. The Kier molecular flexibility index (Phi) is 6.51. The summed E-state index contributed by atoms with van der Waals surface area (Å²) < 4.78 is 5.71. The molecule has 0 aliphatic rings. The molecule has 0 fully saturated rings. The van der Waals surface area contributed by atoms with Gasteiger partial charge >= 0.3 is 0 Å². The first-order chi connectivity index (χ1) is 10.3. The summed E-state index contributed by atoms with van der Waals surface area (Å²) in [6, 6.07) is 14.1. The molecule has 0 amide bonds. The van der Waals surface area contributed by atoms with E-state index >= 15 is 0 Å². The number of nitrogens with one attached hydrogen (secondary N) is 1. The minimum atomic E-state index is 0.639. The summed E-state index contributed by atoms with van der Waals surface area (Å²) in [5.74, 6) is 0.639. The lowest BCUT2D eigenvalue weighted by Crippen LogP contribution is -2.13. The summed E-state index contributed by atoms with van der Waals surface area (Å²) in [5, 5.41) is 3.89. The molecule has 1 aromatic heterocycles. The SMILES string of the molecule is CCNCc1nc(OCCCc2ccccc2)ccc1Cl. The van der Waals surface area contributed by atoms with Crippen LogP contribution in [0.4, 0.5) is 0 Å². The van der Waals surface area contributed by atoms with Crippen molar-refractivity contribution in [3.63, 3.8) is 0 Å². The smallest absolute Gasteiger partial charge is 0.213 e. The van der Waals surface area contributed by atoms with Crippen LogP contribution in [0.3, 0.4) is 0 Å². The maximum Gasteiger partial charge on any atom is 0.213 e. The molecule has 2 rings (SSSR count). The van der Waals surface area contributed by atoms with Crippen molar-refractivity contribution in [1.29, 1.82) is 0 Å². The van der Waals surface area contributed by atoms with Crippen molar-refractivity contribution in [1.82, 2.24) is 10.3 Å². The van der Waals surface area contributed by atoms with Gasteiger partial charge in [-0.3, -0.25) is 0 Å². The molecule has 3 nitrogen and oxygen atoms in total. The Hall–Kier alpha value is -1.58. The van der Waals surface area contributed by atoms with E-state index in [0.717, 1.165) is 25.1 Å². The van der Waals surface area contributed by atoms with Crippen LogP contribution in [-0.4, -0.2) is 18.1 Å². The summed E-state index contributed by atoms with van der Waals surface area (Å²) in [6.45, 7) is 4.26. The van der Waals surface area contributed by atoms with Gasteiger partial charge in [-0.1, -0.05) is 48.9 Å². The van der Waals surface area contributed by atoms with Crippen molar-refractivity contribution in [2.24, 2.45) is 0 Å². The molecular formula is C17H21ClN2O. The number of nitrogens with zero attached hydrogens (tertiary/aromatic N) is 1. The quantitative estimate of drug-likeness (QED) is 0.752. The number of hydrogen-bond acceptors (Lipinski definition) is 3. The first-order valence-corrected chi connectivity index (χ1v) is 7.70. The predicted octanol–water partition coefficient (Wildman–Crippen LogP) is 3.86. The molecule has 0 aliphatic heterocycles. The standard InChI is InChI=1S/C17H21ClN2O/c1-2-19-13-16-15(18)10-11-17(20-16)21-12-6-9-14-7-4-3-5-8-14/h3-5,7-8,10-11,19H,2,6,9,12-13H2,1H3. The first kappa shape index (κ1) is 15.8. The van der Waals surface area contributed by atoms with Gasteiger partial charge in [-0.05, 0) is 31.0 Å². The van der Waals surface area contributed by atoms with E-state index in [1.165, 1.54) is 5.56 Å². The minimum absolute atomic E-state index is 0.639. The Morgan fingerprint density at radius 1 is 1.14 bits per heavy atom. The second-order valence-electron chi connectivity index (χ2n) is 4.80. The largest absolute Gasteiger partial charge is 0.478 e. The van der Waals surface area contributed by atoms with E-state index in [2.05, 4.69) is 41.5 Å². The molecule has 0 radical (unpaired) electrons. The summed E-state index contributed by atoms with van der Waals surface area (Å²) in [6.07, 6.45) is 1.98. The third-order valence-electron chi connectivity index (χ3n) is 3.14. The molecule has 0 saturated carbocycles. The molecule has 0 unspecified atom stereocenters. The molecule has 1 aromatic carbocycles. The maximum atomic E-state index is 6.12. The van der Waals surface area contributed by atoms with Crippen LogP contribution < -0.4 is 10.1 Å². The minimum Gasteiger partial charge on any atom is -0.478 e. The number of rotatable bonds is 8. The van der Waals surface area contributed by atoms with Crippen LogP contribution in [0.1, 0.15) is 24.6 Å². The van der Waals surface area contributed by atoms with E-state index in [4.69, 9.17) is 16.3 Å². The van der Waals surface area contributed by atoms with E-state index in [1.807, 2.05) is 18.2 Å². The topological polar surface area (TPSA) is 34.2 Å². The number of ether oxygens (including phenoxy) is 1. The van der Waals surface area contributed by atoms with Crippen molar-refractivity contribution in [2.45, 2.75) is 26.3 Å². The van der Waals surface area contributed by atoms with E-state index in [1.54, 1.807) is 0 Å². The van der Waals surface area contributed by atoms with Crippen molar-refractivity contribution in [3.8, 4) is 5.88 Å². The van der Waals surface area contributed by atoms with Crippen LogP contribution in [0.25, 0.3) is 0 Å². The molecule has 0 atom stereocenters. The van der Waals surface area contributed by atoms with Gasteiger partial charge in [0.1, 0.15) is 0 Å². The van der Waals surface area contributed by atoms with Gasteiger partial charge in [0.15, 0.2) is 0 Å². The summed E-state index contributed by atoms with van der Waals surface area (Å²) in [7, 11) is 0. The summed E-state index contributed by atoms with van der Waals surface area (Å²) in [5.41, 5.74) is 2.16. The molecule has 0 aliphatic carbocycles. The lowest BCUT2D eigenvalue weighted by molar-refractivity contribution is 0.298. The Labute approximate surface area is 131 Å². The Morgan fingerprint density at radius 2 is 1.95 bits per heavy atom. The molecule has 21 heavy (non-hydrogen) atoms. The van der Waals surface area contributed by atoms with Gasteiger partial charge in [0.05, 0.1) is 17.3 Å². The van der Waals surface area contributed by atoms with Crippen LogP contribution in [0.2, 0.25) is 5.02 Å². The predicted molar refractivity (Wildman–Crippen MR) is 86.9 cm³/mol. The Bertz CT molecular complexity index is 546. The van der Waals surface area contributed by atoms with Crippen LogP contribution in [0, 0.1) is 0 Å². The fraction of sp³-hybridized carbons (Fsp3) is 0.353.